The Kier molecular flexibility index (Phi) is 5.40. The van der Waals surface area contributed by atoms with Crippen LogP contribution in [0.15, 0.2) is 28.7 Å². The summed E-state index contributed by atoms with van der Waals surface area (Å²) >= 11 is 3.41. The van der Waals surface area contributed by atoms with Crippen LogP contribution >= 0.6 is 15.9 Å². The van der Waals surface area contributed by atoms with Crippen molar-refractivity contribution in [2.24, 2.45) is 0 Å². The maximum atomic E-state index is 11.9. The van der Waals surface area contributed by atoms with Crippen LogP contribution in [0.25, 0.3) is 0 Å². The summed E-state index contributed by atoms with van der Waals surface area (Å²) in [6.45, 7) is 3.12. The molecule has 0 aliphatic carbocycles. The molecule has 2 unspecified atom stereocenters. The molecule has 1 aromatic carbocycles. The zero-order valence-corrected chi connectivity index (χ0v) is 12.9. The minimum Gasteiger partial charge on any atom is -0.350 e. The van der Waals surface area contributed by atoms with E-state index in [1.54, 1.807) is 0 Å². The van der Waals surface area contributed by atoms with Gasteiger partial charge in [0.1, 0.15) is 0 Å². The third-order valence-corrected chi connectivity index (χ3v) is 4.16. The molecule has 0 aromatic heterocycles. The molecule has 4 heteroatoms. The zero-order valence-electron chi connectivity index (χ0n) is 11.3. The van der Waals surface area contributed by atoms with Crippen molar-refractivity contribution < 1.29 is 4.79 Å². The van der Waals surface area contributed by atoms with Gasteiger partial charge < -0.3 is 10.6 Å². The van der Waals surface area contributed by atoms with Crippen molar-refractivity contribution in [2.45, 2.75) is 44.7 Å². The Labute approximate surface area is 123 Å². The van der Waals surface area contributed by atoms with Crippen molar-refractivity contribution >= 4 is 21.8 Å². The van der Waals surface area contributed by atoms with Gasteiger partial charge in [-0.25, -0.2) is 0 Å². The van der Waals surface area contributed by atoms with Crippen LogP contribution in [0.4, 0.5) is 0 Å². The summed E-state index contributed by atoms with van der Waals surface area (Å²) in [5.74, 6) is 0.143. The van der Waals surface area contributed by atoms with Gasteiger partial charge in [0.05, 0.1) is 6.04 Å². The molecular formula is C15H21BrN2O. The van der Waals surface area contributed by atoms with E-state index in [2.05, 4.69) is 26.6 Å². The molecule has 0 radical (unpaired) electrons. The molecule has 0 bridgehead atoms. The number of benzene rings is 1. The van der Waals surface area contributed by atoms with Crippen LogP contribution in [0.2, 0.25) is 0 Å². The quantitative estimate of drug-likeness (QED) is 0.873. The van der Waals surface area contributed by atoms with Crippen molar-refractivity contribution in [1.82, 2.24) is 10.6 Å². The molecule has 1 aliphatic heterocycles. The largest absolute Gasteiger partial charge is 0.350 e. The normalized spacial score (nSPS) is 20.2. The fraction of sp³-hybridized carbons (Fsp3) is 0.533. The monoisotopic (exact) mass is 324 g/mol. The molecule has 1 aromatic rings. The summed E-state index contributed by atoms with van der Waals surface area (Å²) in [6.07, 6.45) is 3.99. The maximum Gasteiger partial charge on any atom is 0.220 e. The van der Waals surface area contributed by atoms with Crippen LogP contribution in [-0.2, 0) is 4.79 Å². The molecule has 1 amide bonds. The number of hydrogen-bond donors (Lipinski definition) is 2. The number of halogens is 1. The maximum absolute atomic E-state index is 11.9. The van der Waals surface area contributed by atoms with Gasteiger partial charge in [-0.3, -0.25) is 4.79 Å². The van der Waals surface area contributed by atoms with E-state index >= 15 is 0 Å². The minimum atomic E-state index is 0.0668. The summed E-state index contributed by atoms with van der Waals surface area (Å²) in [6, 6.07) is 8.67. The zero-order chi connectivity index (χ0) is 13.7. The highest BCUT2D eigenvalue weighted by Gasteiger charge is 2.16. The predicted molar refractivity (Wildman–Crippen MR) is 81.0 cm³/mol. The fourth-order valence-electron chi connectivity index (χ4n) is 2.46. The molecular weight excluding hydrogens is 304 g/mol. The number of carbonyl (C=O) groups excluding carboxylic acids is 1. The first-order chi connectivity index (χ1) is 9.15. The van der Waals surface area contributed by atoms with Crippen LogP contribution in [0, 0.1) is 0 Å². The number of hydrogen-bond acceptors (Lipinski definition) is 2. The lowest BCUT2D eigenvalue weighted by Crippen LogP contribution is -2.29. The van der Waals surface area contributed by atoms with Gasteiger partial charge in [0.15, 0.2) is 0 Å². The fourth-order valence-corrected chi connectivity index (χ4v) is 2.72. The SMILES string of the molecule is CC(NC(=O)CCC1CCCN1)c1ccc(Br)cc1. The summed E-state index contributed by atoms with van der Waals surface area (Å²) in [5.41, 5.74) is 1.13. The summed E-state index contributed by atoms with van der Waals surface area (Å²) in [5, 5.41) is 6.48. The van der Waals surface area contributed by atoms with Gasteiger partial charge in [-0.2, -0.15) is 0 Å². The lowest BCUT2D eigenvalue weighted by molar-refractivity contribution is -0.121. The number of amides is 1. The van der Waals surface area contributed by atoms with E-state index in [9.17, 15) is 4.79 Å². The van der Waals surface area contributed by atoms with Crippen molar-refractivity contribution in [1.29, 1.82) is 0 Å². The van der Waals surface area contributed by atoms with Crippen LogP contribution < -0.4 is 10.6 Å². The molecule has 3 nitrogen and oxygen atoms in total. The van der Waals surface area contributed by atoms with Crippen LogP contribution in [-0.4, -0.2) is 18.5 Å². The van der Waals surface area contributed by atoms with Crippen molar-refractivity contribution in [3.63, 3.8) is 0 Å². The third-order valence-electron chi connectivity index (χ3n) is 3.63. The highest BCUT2D eigenvalue weighted by molar-refractivity contribution is 9.10. The first-order valence-corrected chi connectivity index (χ1v) is 7.72. The lowest BCUT2D eigenvalue weighted by Gasteiger charge is -2.15. The summed E-state index contributed by atoms with van der Waals surface area (Å²) < 4.78 is 1.06. The Morgan fingerprint density at radius 2 is 2.21 bits per heavy atom. The van der Waals surface area contributed by atoms with Gasteiger partial charge in [0.25, 0.3) is 0 Å². The lowest BCUT2D eigenvalue weighted by atomic mass is 10.1. The highest BCUT2D eigenvalue weighted by Crippen LogP contribution is 2.17. The first-order valence-electron chi connectivity index (χ1n) is 6.93. The van der Waals surface area contributed by atoms with Gasteiger partial charge in [-0.15, -0.1) is 0 Å². The second-order valence-electron chi connectivity index (χ2n) is 5.17. The molecule has 1 fully saturated rings. The Balaban J connectivity index is 1.76. The topological polar surface area (TPSA) is 41.1 Å². The molecule has 0 saturated carbocycles. The molecule has 1 heterocycles. The highest BCUT2D eigenvalue weighted by atomic mass is 79.9. The molecule has 104 valence electrons. The molecule has 2 N–H and O–H groups in total. The Bertz CT molecular complexity index is 413. The Morgan fingerprint density at radius 3 is 2.84 bits per heavy atom. The van der Waals surface area contributed by atoms with Crippen molar-refractivity contribution in [3.05, 3.63) is 34.3 Å². The molecule has 0 spiro atoms. The second-order valence-corrected chi connectivity index (χ2v) is 6.09. The average molecular weight is 325 g/mol. The Morgan fingerprint density at radius 1 is 1.47 bits per heavy atom. The average Bonchev–Trinajstić information content (AvgIpc) is 2.90. The van der Waals surface area contributed by atoms with Gasteiger partial charge in [-0.05, 0) is 50.4 Å². The molecule has 2 atom stereocenters. The van der Waals surface area contributed by atoms with E-state index in [1.165, 1.54) is 12.8 Å². The second kappa shape index (κ2) is 7.06. The number of nitrogens with one attached hydrogen (secondary N) is 2. The van der Waals surface area contributed by atoms with Crippen LogP contribution in [0.1, 0.15) is 44.2 Å². The van der Waals surface area contributed by atoms with E-state index in [0.29, 0.717) is 12.5 Å². The third kappa shape index (κ3) is 4.62. The van der Waals surface area contributed by atoms with Gasteiger partial charge in [0, 0.05) is 16.9 Å². The van der Waals surface area contributed by atoms with E-state index in [0.717, 1.165) is 23.0 Å². The van der Waals surface area contributed by atoms with Gasteiger partial charge in [0.2, 0.25) is 5.91 Å². The van der Waals surface area contributed by atoms with Crippen LogP contribution in [0.3, 0.4) is 0 Å². The van der Waals surface area contributed by atoms with E-state index in [4.69, 9.17) is 0 Å². The van der Waals surface area contributed by atoms with E-state index in [-0.39, 0.29) is 11.9 Å². The van der Waals surface area contributed by atoms with Crippen LogP contribution in [0.5, 0.6) is 0 Å². The van der Waals surface area contributed by atoms with Gasteiger partial charge in [-0.1, -0.05) is 28.1 Å². The van der Waals surface area contributed by atoms with E-state index < -0.39 is 0 Å². The number of carbonyl (C=O) groups is 1. The molecule has 2 rings (SSSR count). The molecule has 1 saturated heterocycles. The van der Waals surface area contributed by atoms with Crippen molar-refractivity contribution in [3.8, 4) is 0 Å². The van der Waals surface area contributed by atoms with E-state index in [1.807, 2.05) is 31.2 Å². The summed E-state index contributed by atoms with van der Waals surface area (Å²) in [7, 11) is 0. The van der Waals surface area contributed by atoms with Gasteiger partial charge >= 0.3 is 0 Å². The molecule has 19 heavy (non-hydrogen) atoms. The Hall–Kier alpha value is -0.870. The summed E-state index contributed by atoms with van der Waals surface area (Å²) in [4.78, 5) is 11.9. The number of rotatable bonds is 5. The minimum absolute atomic E-state index is 0.0668. The van der Waals surface area contributed by atoms with Crippen molar-refractivity contribution in [2.75, 3.05) is 6.54 Å². The smallest absolute Gasteiger partial charge is 0.220 e. The first kappa shape index (κ1) is 14.5. The standard InChI is InChI=1S/C15H21BrN2O/c1-11(12-4-6-13(16)7-5-12)18-15(19)9-8-14-3-2-10-17-14/h4-7,11,14,17H,2-3,8-10H2,1H3,(H,18,19). The molecule has 1 aliphatic rings. The predicted octanol–water partition coefficient (Wildman–Crippen LogP) is 3.16.